The topological polar surface area (TPSA) is 48.5 Å². The molecule has 5 nitrogen and oxygen atoms in total. The number of rotatable bonds is 5. The highest BCUT2D eigenvalue weighted by Gasteiger charge is 2.16. The van der Waals surface area contributed by atoms with E-state index in [4.69, 9.17) is 0 Å². The van der Waals surface area contributed by atoms with Crippen molar-refractivity contribution in [2.45, 2.75) is 13.0 Å². The Labute approximate surface area is 112 Å². The zero-order chi connectivity index (χ0) is 12.8. The van der Waals surface area contributed by atoms with Crippen molar-refractivity contribution in [3.8, 4) is 0 Å². The van der Waals surface area contributed by atoms with Crippen molar-refractivity contribution in [2.75, 3.05) is 39.8 Å². The molecule has 1 N–H and O–H groups in total. The largest absolute Gasteiger partial charge is 0.340 e. The van der Waals surface area contributed by atoms with Crippen LogP contribution in [-0.2, 0) is 11.3 Å². The first-order chi connectivity index (χ1) is 8.75. The number of amides is 1. The molecule has 6 heteroatoms. The molecule has 1 amide bonds. The van der Waals surface area contributed by atoms with E-state index in [9.17, 15) is 4.79 Å². The molecule has 1 aliphatic heterocycles. The summed E-state index contributed by atoms with van der Waals surface area (Å²) >= 11 is 1.61. The third-order valence-electron chi connectivity index (χ3n) is 3.09. The minimum atomic E-state index is 0.265. The van der Waals surface area contributed by atoms with Crippen molar-refractivity contribution in [3.63, 3.8) is 0 Å². The zero-order valence-corrected chi connectivity index (χ0v) is 11.6. The Bertz CT molecular complexity index is 362. The lowest BCUT2D eigenvalue weighted by molar-refractivity contribution is -0.132. The number of hydrogen-bond donors (Lipinski definition) is 1. The first-order valence-electron chi connectivity index (χ1n) is 6.30. The van der Waals surface area contributed by atoms with E-state index >= 15 is 0 Å². The van der Waals surface area contributed by atoms with Crippen LogP contribution in [-0.4, -0.2) is 60.5 Å². The smallest absolute Gasteiger partial charge is 0.223 e. The Balaban J connectivity index is 1.68. The molecular formula is C12H20N4OS. The quantitative estimate of drug-likeness (QED) is 0.839. The van der Waals surface area contributed by atoms with E-state index in [1.165, 1.54) is 0 Å². The van der Waals surface area contributed by atoms with Gasteiger partial charge in [0, 0.05) is 51.1 Å². The Morgan fingerprint density at radius 3 is 3.00 bits per heavy atom. The first kappa shape index (κ1) is 13.5. The maximum Gasteiger partial charge on any atom is 0.223 e. The summed E-state index contributed by atoms with van der Waals surface area (Å²) in [6, 6.07) is 0. The number of nitrogens with one attached hydrogen (secondary N) is 1. The van der Waals surface area contributed by atoms with Crippen molar-refractivity contribution < 1.29 is 4.79 Å². The average molecular weight is 268 g/mol. The van der Waals surface area contributed by atoms with E-state index in [1.807, 2.05) is 17.5 Å². The van der Waals surface area contributed by atoms with E-state index in [2.05, 4.69) is 20.6 Å². The molecule has 2 heterocycles. The fourth-order valence-corrected chi connectivity index (χ4v) is 2.58. The van der Waals surface area contributed by atoms with Crippen molar-refractivity contribution in [1.29, 1.82) is 0 Å². The van der Waals surface area contributed by atoms with Crippen LogP contribution in [0.3, 0.4) is 0 Å². The third kappa shape index (κ3) is 4.04. The van der Waals surface area contributed by atoms with Gasteiger partial charge in [0.1, 0.15) is 0 Å². The van der Waals surface area contributed by atoms with Crippen molar-refractivity contribution >= 4 is 17.2 Å². The Hall–Kier alpha value is -0.980. The van der Waals surface area contributed by atoms with Crippen molar-refractivity contribution in [1.82, 2.24) is 20.1 Å². The van der Waals surface area contributed by atoms with Crippen LogP contribution in [0, 0.1) is 0 Å². The Morgan fingerprint density at radius 2 is 2.33 bits per heavy atom. The lowest BCUT2D eigenvalue weighted by atomic mass is 10.3. The summed E-state index contributed by atoms with van der Waals surface area (Å²) in [7, 11) is 2.03. The Kier molecular flexibility index (Phi) is 5.10. The minimum absolute atomic E-state index is 0.265. The maximum atomic E-state index is 12.0. The first-order valence-corrected chi connectivity index (χ1v) is 7.24. The molecule has 0 atom stereocenters. The van der Waals surface area contributed by atoms with E-state index in [0.717, 1.165) is 45.0 Å². The van der Waals surface area contributed by atoms with Gasteiger partial charge in [0.05, 0.1) is 11.2 Å². The van der Waals surface area contributed by atoms with Gasteiger partial charge in [-0.1, -0.05) is 0 Å². The fourth-order valence-electron chi connectivity index (χ4n) is 2.03. The molecule has 0 unspecified atom stereocenters. The SMILES string of the molecule is CN(CCC(=O)N1CCNCC1)Cc1cscn1. The van der Waals surface area contributed by atoms with Crippen LogP contribution < -0.4 is 5.32 Å². The van der Waals surface area contributed by atoms with Gasteiger partial charge in [0.15, 0.2) is 0 Å². The monoisotopic (exact) mass is 268 g/mol. The highest BCUT2D eigenvalue weighted by Crippen LogP contribution is 2.05. The Morgan fingerprint density at radius 1 is 1.56 bits per heavy atom. The number of nitrogens with zero attached hydrogens (tertiary/aromatic N) is 3. The van der Waals surface area contributed by atoms with Gasteiger partial charge in [0.2, 0.25) is 5.91 Å². The van der Waals surface area contributed by atoms with E-state index in [-0.39, 0.29) is 5.91 Å². The molecule has 18 heavy (non-hydrogen) atoms. The van der Waals surface area contributed by atoms with E-state index < -0.39 is 0 Å². The van der Waals surface area contributed by atoms with Gasteiger partial charge in [-0.2, -0.15) is 0 Å². The molecule has 1 fully saturated rings. The molecule has 0 radical (unpaired) electrons. The lowest BCUT2D eigenvalue weighted by Crippen LogP contribution is -2.47. The molecule has 100 valence electrons. The van der Waals surface area contributed by atoms with Gasteiger partial charge < -0.3 is 15.1 Å². The van der Waals surface area contributed by atoms with Gasteiger partial charge in [-0.3, -0.25) is 4.79 Å². The molecule has 0 aromatic carbocycles. The molecule has 1 aliphatic rings. The summed E-state index contributed by atoms with van der Waals surface area (Å²) in [6.07, 6.45) is 0.598. The maximum absolute atomic E-state index is 12.0. The molecule has 0 saturated carbocycles. The van der Waals surface area contributed by atoms with Gasteiger partial charge >= 0.3 is 0 Å². The number of carbonyl (C=O) groups is 1. The van der Waals surface area contributed by atoms with Crippen LogP contribution in [0.15, 0.2) is 10.9 Å². The van der Waals surface area contributed by atoms with Crippen LogP contribution in [0.25, 0.3) is 0 Å². The highest BCUT2D eigenvalue weighted by atomic mass is 32.1. The van der Waals surface area contributed by atoms with Crippen LogP contribution in [0.1, 0.15) is 12.1 Å². The standard InChI is InChI=1S/C12H20N4OS/c1-15(8-11-9-18-10-14-11)5-2-12(17)16-6-3-13-4-7-16/h9-10,13H,2-8H2,1H3. The van der Waals surface area contributed by atoms with Crippen molar-refractivity contribution in [2.24, 2.45) is 0 Å². The average Bonchev–Trinajstić information content (AvgIpc) is 2.90. The van der Waals surface area contributed by atoms with Crippen LogP contribution in [0.2, 0.25) is 0 Å². The summed E-state index contributed by atoms with van der Waals surface area (Å²) in [6.45, 7) is 5.13. The molecular weight excluding hydrogens is 248 g/mol. The molecule has 2 rings (SSSR count). The van der Waals surface area contributed by atoms with Crippen LogP contribution >= 0.6 is 11.3 Å². The molecule has 0 spiro atoms. The summed E-state index contributed by atoms with van der Waals surface area (Å²) in [4.78, 5) is 20.3. The minimum Gasteiger partial charge on any atom is -0.340 e. The van der Waals surface area contributed by atoms with Gasteiger partial charge in [-0.15, -0.1) is 11.3 Å². The molecule has 1 saturated heterocycles. The van der Waals surface area contributed by atoms with Gasteiger partial charge in [-0.05, 0) is 7.05 Å². The van der Waals surface area contributed by atoms with Gasteiger partial charge in [0.25, 0.3) is 0 Å². The number of hydrogen-bond acceptors (Lipinski definition) is 5. The van der Waals surface area contributed by atoms with E-state index in [1.54, 1.807) is 11.3 Å². The third-order valence-corrected chi connectivity index (χ3v) is 3.73. The zero-order valence-electron chi connectivity index (χ0n) is 10.8. The summed E-state index contributed by atoms with van der Waals surface area (Å²) in [5.74, 6) is 0.265. The second kappa shape index (κ2) is 6.82. The van der Waals surface area contributed by atoms with Gasteiger partial charge in [-0.25, -0.2) is 4.98 Å². The lowest BCUT2D eigenvalue weighted by Gasteiger charge is -2.28. The molecule has 0 aliphatic carbocycles. The number of piperazine rings is 1. The summed E-state index contributed by atoms with van der Waals surface area (Å²) in [5.41, 5.74) is 2.92. The molecule has 1 aromatic rings. The van der Waals surface area contributed by atoms with Crippen LogP contribution in [0.4, 0.5) is 0 Å². The predicted octanol–water partition coefficient (Wildman–Crippen LogP) is 0.397. The number of thiazole rings is 1. The van der Waals surface area contributed by atoms with Crippen molar-refractivity contribution in [3.05, 3.63) is 16.6 Å². The fraction of sp³-hybridized carbons (Fsp3) is 0.667. The number of carbonyl (C=O) groups excluding carboxylic acids is 1. The molecule has 0 bridgehead atoms. The second-order valence-electron chi connectivity index (χ2n) is 4.60. The second-order valence-corrected chi connectivity index (χ2v) is 5.32. The van der Waals surface area contributed by atoms with E-state index in [0.29, 0.717) is 6.42 Å². The summed E-state index contributed by atoms with van der Waals surface area (Å²) < 4.78 is 0. The predicted molar refractivity (Wildman–Crippen MR) is 72.5 cm³/mol. The molecule has 1 aromatic heterocycles. The highest BCUT2D eigenvalue weighted by molar-refractivity contribution is 7.07. The normalized spacial score (nSPS) is 16.2. The van der Waals surface area contributed by atoms with Crippen LogP contribution in [0.5, 0.6) is 0 Å². The number of aromatic nitrogens is 1. The summed E-state index contributed by atoms with van der Waals surface area (Å²) in [5, 5.41) is 5.30.